The minimum Gasteiger partial charge on any atom is -0.327 e. The van der Waals surface area contributed by atoms with Crippen LogP contribution >= 0.6 is 24.0 Å². The summed E-state index contributed by atoms with van der Waals surface area (Å²) >= 11 is 5.95. The van der Waals surface area contributed by atoms with Gasteiger partial charge in [0.1, 0.15) is 0 Å². The second-order valence-electron chi connectivity index (χ2n) is 4.27. The first-order chi connectivity index (χ1) is 7.24. The zero-order chi connectivity index (χ0) is 10.7. The molecule has 0 radical (unpaired) electrons. The van der Waals surface area contributed by atoms with Crippen LogP contribution in [0, 0.1) is 0 Å². The number of benzene rings is 1. The number of nitrogens with two attached hydrogens (primary N) is 1. The van der Waals surface area contributed by atoms with E-state index in [1.54, 1.807) is 0 Å². The molecule has 1 aromatic rings. The van der Waals surface area contributed by atoms with E-state index < -0.39 is 0 Å². The molecule has 2 nitrogen and oxygen atoms in total. The van der Waals surface area contributed by atoms with Crippen LogP contribution in [0.3, 0.4) is 0 Å². The van der Waals surface area contributed by atoms with Crippen LogP contribution in [-0.4, -0.2) is 24.0 Å². The maximum atomic E-state index is 5.95. The Morgan fingerprint density at radius 1 is 1.44 bits per heavy atom. The van der Waals surface area contributed by atoms with Crippen LogP contribution in [0.1, 0.15) is 18.4 Å². The van der Waals surface area contributed by atoms with Gasteiger partial charge in [0.25, 0.3) is 0 Å². The summed E-state index contributed by atoms with van der Waals surface area (Å²) in [6.45, 7) is 3.13. The number of hydrogen-bond acceptors (Lipinski definition) is 2. The van der Waals surface area contributed by atoms with E-state index in [-0.39, 0.29) is 12.4 Å². The van der Waals surface area contributed by atoms with Gasteiger partial charge in [-0.2, -0.15) is 0 Å². The lowest BCUT2D eigenvalue weighted by molar-refractivity contribution is 0.201. The van der Waals surface area contributed by atoms with Gasteiger partial charge in [-0.3, -0.25) is 4.90 Å². The van der Waals surface area contributed by atoms with E-state index in [0.29, 0.717) is 6.04 Å². The van der Waals surface area contributed by atoms with Crippen molar-refractivity contribution < 1.29 is 0 Å². The molecule has 1 aliphatic heterocycles. The summed E-state index contributed by atoms with van der Waals surface area (Å²) in [7, 11) is 0. The Morgan fingerprint density at radius 3 is 2.94 bits per heavy atom. The summed E-state index contributed by atoms with van der Waals surface area (Å²) in [5, 5.41) is 0.814. The quantitative estimate of drug-likeness (QED) is 0.886. The fraction of sp³-hybridized carbons (Fsp3) is 0.500. The van der Waals surface area contributed by atoms with Gasteiger partial charge in [0.05, 0.1) is 0 Å². The van der Waals surface area contributed by atoms with Gasteiger partial charge in [-0.1, -0.05) is 23.7 Å². The van der Waals surface area contributed by atoms with Gasteiger partial charge in [0, 0.05) is 24.2 Å². The fourth-order valence-electron chi connectivity index (χ4n) is 2.13. The lowest BCUT2D eigenvalue weighted by atomic mass is 10.1. The smallest absolute Gasteiger partial charge is 0.0409 e. The first kappa shape index (κ1) is 13.8. The molecule has 1 aliphatic rings. The summed E-state index contributed by atoms with van der Waals surface area (Å²) in [5.74, 6) is 0. The maximum Gasteiger partial charge on any atom is 0.0409 e. The number of halogens is 2. The van der Waals surface area contributed by atoms with Gasteiger partial charge in [0.15, 0.2) is 0 Å². The van der Waals surface area contributed by atoms with E-state index in [4.69, 9.17) is 17.3 Å². The number of piperidine rings is 1. The first-order valence-corrected chi connectivity index (χ1v) is 5.84. The molecule has 0 aromatic heterocycles. The molecule has 0 amide bonds. The predicted octanol–water partition coefficient (Wildman–Crippen LogP) is 2.68. The third kappa shape index (κ3) is 3.95. The number of rotatable bonds is 2. The van der Waals surface area contributed by atoms with E-state index in [0.717, 1.165) is 31.1 Å². The Balaban J connectivity index is 0.00000128. The van der Waals surface area contributed by atoms with Crippen molar-refractivity contribution in [2.45, 2.75) is 25.4 Å². The second kappa shape index (κ2) is 6.45. The topological polar surface area (TPSA) is 29.3 Å². The highest BCUT2D eigenvalue weighted by molar-refractivity contribution is 6.30. The lowest BCUT2D eigenvalue weighted by Gasteiger charge is -2.30. The fourth-order valence-corrected chi connectivity index (χ4v) is 2.34. The Labute approximate surface area is 108 Å². The molecule has 2 rings (SSSR count). The molecule has 2 N–H and O–H groups in total. The highest BCUT2D eigenvalue weighted by Crippen LogP contribution is 2.15. The number of nitrogens with zero attached hydrogens (tertiary/aromatic N) is 1. The van der Waals surface area contributed by atoms with Crippen molar-refractivity contribution in [1.29, 1.82) is 0 Å². The molecule has 0 bridgehead atoms. The molecule has 1 saturated heterocycles. The van der Waals surface area contributed by atoms with Crippen molar-refractivity contribution in [1.82, 2.24) is 4.90 Å². The Morgan fingerprint density at radius 2 is 2.25 bits per heavy atom. The minimum absolute atomic E-state index is 0. The molecule has 1 fully saturated rings. The molecule has 4 heteroatoms. The highest BCUT2D eigenvalue weighted by Gasteiger charge is 2.16. The van der Waals surface area contributed by atoms with Crippen LogP contribution in [0.15, 0.2) is 24.3 Å². The van der Waals surface area contributed by atoms with Gasteiger partial charge in [-0.15, -0.1) is 12.4 Å². The summed E-state index contributed by atoms with van der Waals surface area (Å²) < 4.78 is 0. The van der Waals surface area contributed by atoms with Crippen molar-refractivity contribution in [3.63, 3.8) is 0 Å². The molecule has 0 aliphatic carbocycles. The molecule has 90 valence electrons. The molecule has 1 unspecified atom stereocenters. The van der Waals surface area contributed by atoms with Crippen molar-refractivity contribution >= 4 is 24.0 Å². The molecule has 1 aromatic carbocycles. The predicted molar refractivity (Wildman–Crippen MR) is 71.2 cm³/mol. The van der Waals surface area contributed by atoms with Gasteiger partial charge in [-0.25, -0.2) is 0 Å². The van der Waals surface area contributed by atoms with Crippen LogP contribution in [0.4, 0.5) is 0 Å². The van der Waals surface area contributed by atoms with Crippen LogP contribution in [0.25, 0.3) is 0 Å². The van der Waals surface area contributed by atoms with Crippen LogP contribution in [0.2, 0.25) is 5.02 Å². The van der Waals surface area contributed by atoms with E-state index in [1.807, 2.05) is 18.2 Å². The monoisotopic (exact) mass is 260 g/mol. The largest absolute Gasteiger partial charge is 0.327 e. The van der Waals surface area contributed by atoms with E-state index >= 15 is 0 Å². The third-order valence-electron chi connectivity index (χ3n) is 2.84. The van der Waals surface area contributed by atoms with Crippen LogP contribution < -0.4 is 5.73 Å². The Hall–Kier alpha value is -0.280. The summed E-state index contributed by atoms with van der Waals surface area (Å²) in [5.41, 5.74) is 7.22. The molecule has 1 atom stereocenters. The van der Waals surface area contributed by atoms with Crippen molar-refractivity contribution in [2.75, 3.05) is 13.1 Å². The van der Waals surface area contributed by atoms with E-state index in [1.165, 1.54) is 12.0 Å². The Bertz CT molecular complexity index is 331. The zero-order valence-electron chi connectivity index (χ0n) is 9.23. The normalized spacial score (nSPS) is 21.5. The average Bonchev–Trinajstić information content (AvgIpc) is 2.17. The second-order valence-corrected chi connectivity index (χ2v) is 4.70. The first-order valence-electron chi connectivity index (χ1n) is 5.46. The molecular formula is C12H18Cl2N2. The van der Waals surface area contributed by atoms with Crippen molar-refractivity contribution in [3.05, 3.63) is 34.9 Å². The average molecular weight is 261 g/mol. The van der Waals surface area contributed by atoms with Crippen molar-refractivity contribution in [3.8, 4) is 0 Å². The van der Waals surface area contributed by atoms with Gasteiger partial charge >= 0.3 is 0 Å². The number of likely N-dealkylation sites (tertiary alicyclic amines) is 1. The summed E-state index contributed by atoms with van der Waals surface area (Å²) in [4.78, 5) is 2.40. The number of hydrogen-bond donors (Lipinski definition) is 1. The molecule has 0 spiro atoms. The van der Waals surface area contributed by atoms with Crippen LogP contribution in [-0.2, 0) is 6.54 Å². The van der Waals surface area contributed by atoms with Gasteiger partial charge < -0.3 is 5.73 Å². The molecular weight excluding hydrogens is 243 g/mol. The Kier molecular flexibility index (Phi) is 5.56. The lowest BCUT2D eigenvalue weighted by Crippen LogP contribution is -2.42. The zero-order valence-corrected chi connectivity index (χ0v) is 10.8. The highest BCUT2D eigenvalue weighted by atomic mass is 35.5. The van der Waals surface area contributed by atoms with E-state index in [9.17, 15) is 0 Å². The van der Waals surface area contributed by atoms with Crippen LogP contribution in [0.5, 0.6) is 0 Å². The standard InChI is InChI=1S/C12H17ClN2.ClH/c13-11-4-1-3-10(7-11)8-15-6-2-5-12(14)9-15;/h1,3-4,7,12H,2,5-6,8-9,14H2;1H. The summed E-state index contributed by atoms with van der Waals surface area (Å²) in [6.07, 6.45) is 2.37. The molecule has 1 heterocycles. The molecule has 16 heavy (non-hydrogen) atoms. The maximum absolute atomic E-state index is 5.95. The van der Waals surface area contributed by atoms with E-state index in [2.05, 4.69) is 11.0 Å². The summed E-state index contributed by atoms with van der Waals surface area (Å²) in [6, 6.07) is 8.40. The van der Waals surface area contributed by atoms with Crippen molar-refractivity contribution in [2.24, 2.45) is 5.73 Å². The molecule has 0 saturated carbocycles. The third-order valence-corrected chi connectivity index (χ3v) is 3.07. The SMILES string of the molecule is Cl.NC1CCCN(Cc2cccc(Cl)c2)C1. The minimum atomic E-state index is 0. The van der Waals surface area contributed by atoms with Gasteiger partial charge in [-0.05, 0) is 37.1 Å². The van der Waals surface area contributed by atoms with Gasteiger partial charge in [0.2, 0.25) is 0 Å².